The number of hydrogen-bond donors (Lipinski definition) is 1. The molecule has 1 amide bonds. The average Bonchev–Trinajstić information content (AvgIpc) is 2.62. The standard InChI is InChI=1S/C20H19F3N2O4/c1-19(2)10-9-14-11-13(3-8-17(14)28-19)12-24-29-18(26)25-15-4-6-16(7-5-15)27-20(21,22)23/h3-8,11-12H,9-10H2,1-2H3,(H,25,26)/b24-12-. The lowest BCUT2D eigenvalue weighted by Gasteiger charge is -2.32. The van der Waals surface area contributed by atoms with Gasteiger partial charge in [0, 0.05) is 5.69 Å². The summed E-state index contributed by atoms with van der Waals surface area (Å²) in [6.07, 6.45) is -2.50. The predicted octanol–water partition coefficient (Wildman–Crippen LogP) is 5.27. The van der Waals surface area contributed by atoms with E-state index in [1.807, 2.05) is 26.0 Å². The van der Waals surface area contributed by atoms with Gasteiger partial charge in [-0.1, -0.05) is 5.16 Å². The van der Waals surface area contributed by atoms with Crippen molar-refractivity contribution in [3.8, 4) is 11.5 Å². The summed E-state index contributed by atoms with van der Waals surface area (Å²) in [7, 11) is 0. The summed E-state index contributed by atoms with van der Waals surface area (Å²) in [5, 5.41) is 5.98. The quantitative estimate of drug-likeness (QED) is 0.425. The molecule has 29 heavy (non-hydrogen) atoms. The SMILES string of the molecule is CC1(C)CCc2cc(/C=N\OC(=O)Nc3ccc(OC(F)(F)F)cc3)ccc2O1. The van der Waals surface area contributed by atoms with E-state index in [2.05, 4.69) is 15.2 Å². The number of alkyl halides is 3. The molecule has 1 aliphatic rings. The molecule has 154 valence electrons. The third kappa shape index (κ3) is 6.13. The van der Waals surface area contributed by atoms with Gasteiger partial charge in [0.1, 0.15) is 17.1 Å². The first-order valence-electron chi connectivity index (χ1n) is 8.79. The van der Waals surface area contributed by atoms with Crippen LogP contribution in [0.2, 0.25) is 0 Å². The number of amides is 1. The van der Waals surface area contributed by atoms with Gasteiger partial charge in [0.15, 0.2) is 0 Å². The molecule has 0 atom stereocenters. The number of carbonyl (C=O) groups excluding carboxylic acids is 1. The number of oxime groups is 1. The smallest absolute Gasteiger partial charge is 0.488 e. The van der Waals surface area contributed by atoms with E-state index < -0.39 is 18.2 Å². The maximum absolute atomic E-state index is 12.1. The fourth-order valence-corrected chi connectivity index (χ4v) is 2.77. The molecule has 1 heterocycles. The summed E-state index contributed by atoms with van der Waals surface area (Å²) in [5.74, 6) is 0.434. The van der Waals surface area contributed by atoms with Crippen LogP contribution >= 0.6 is 0 Å². The van der Waals surface area contributed by atoms with E-state index in [-0.39, 0.29) is 11.3 Å². The number of nitrogens with one attached hydrogen (secondary N) is 1. The number of hydrogen-bond acceptors (Lipinski definition) is 5. The molecule has 0 saturated heterocycles. The van der Waals surface area contributed by atoms with Crippen molar-refractivity contribution in [2.45, 2.75) is 38.7 Å². The molecule has 9 heteroatoms. The molecule has 6 nitrogen and oxygen atoms in total. The molecule has 1 aliphatic heterocycles. The number of nitrogens with zero attached hydrogens (tertiary/aromatic N) is 1. The summed E-state index contributed by atoms with van der Waals surface area (Å²) in [6.45, 7) is 4.07. The fraction of sp³-hybridized carbons (Fsp3) is 0.300. The van der Waals surface area contributed by atoms with E-state index in [1.54, 1.807) is 6.07 Å². The van der Waals surface area contributed by atoms with Gasteiger partial charge in [0.25, 0.3) is 0 Å². The fourth-order valence-electron chi connectivity index (χ4n) is 2.77. The number of anilines is 1. The van der Waals surface area contributed by atoms with Crippen molar-refractivity contribution in [1.82, 2.24) is 0 Å². The van der Waals surface area contributed by atoms with Crippen LogP contribution in [0.25, 0.3) is 0 Å². The Labute approximate surface area is 165 Å². The lowest BCUT2D eigenvalue weighted by Crippen LogP contribution is -2.32. The van der Waals surface area contributed by atoms with Crippen molar-refractivity contribution in [2.75, 3.05) is 5.32 Å². The van der Waals surface area contributed by atoms with Crippen LogP contribution in [0.15, 0.2) is 47.6 Å². The highest BCUT2D eigenvalue weighted by atomic mass is 19.4. The van der Waals surface area contributed by atoms with Crippen molar-refractivity contribution in [1.29, 1.82) is 0 Å². The first-order chi connectivity index (χ1) is 13.6. The van der Waals surface area contributed by atoms with E-state index >= 15 is 0 Å². The van der Waals surface area contributed by atoms with E-state index in [0.717, 1.165) is 41.9 Å². The number of rotatable bonds is 4. The third-order valence-electron chi connectivity index (χ3n) is 4.14. The molecule has 0 aliphatic carbocycles. The van der Waals surface area contributed by atoms with Gasteiger partial charge < -0.3 is 9.47 Å². The van der Waals surface area contributed by atoms with Gasteiger partial charge in [-0.3, -0.25) is 10.2 Å². The molecule has 0 aromatic heterocycles. The first kappa shape index (κ1) is 20.5. The van der Waals surface area contributed by atoms with Gasteiger partial charge in [-0.05, 0) is 80.3 Å². The van der Waals surface area contributed by atoms with E-state index in [1.165, 1.54) is 18.3 Å². The molecular formula is C20H19F3N2O4. The molecule has 0 bridgehead atoms. The maximum atomic E-state index is 12.1. The van der Waals surface area contributed by atoms with Crippen molar-refractivity contribution in [3.05, 3.63) is 53.6 Å². The summed E-state index contributed by atoms with van der Waals surface area (Å²) in [5.41, 5.74) is 1.83. The minimum Gasteiger partial charge on any atom is -0.488 e. The van der Waals surface area contributed by atoms with Crippen LogP contribution in [0.3, 0.4) is 0 Å². The number of carbonyl (C=O) groups is 1. The zero-order valence-corrected chi connectivity index (χ0v) is 15.7. The van der Waals surface area contributed by atoms with E-state index in [0.29, 0.717) is 0 Å². The number of halogens is 3. The van der Waals surface area contributed by atoms with E-state index in [9.17, 15) is 18.0 Å². The zero-order chi connectivity index (χ0) is 21.1. The summed E-state index contributed by atoms with van der Waals surface area (Å²) in [6, 6.07) is 10.2. The van der Waals surface area contributed by atoms with Crippen LogP contribution < -0.4 is 14.8 Å². The van der Waals surface area contributed by atoms with Crippen LogP contribution in [0, 0.1) is 0 Å². The second-order valence-corrected chi connectivity index (χ2v) is 7.04. The Kier molecular flexibility index (Phi) is 5.67. The molecule has 1 N–H and O–H groups in total. The van der Waals surface area contributed by atoms with Crippen LogP contribution in [-0.2, 0) is 11.3 Å². The predicted molar refractivity (Wildman–Crippen MR) is 100 cm³/mol. The molecule has 3 rings (SSSR count). The normalized spacial score (nSPS) is 15.3. The largest absolute Gasteiger partial charge is 0.573 e. The highest BCUT2D eigenvalue weighted by molar-refractivity contribution is 5.86. The van der Waals surface area contributed by atoms with Crippen LogP contribution in [-0.4, -0.2) is 24.3 Å². The molecule has 2 aromatic rings. The monoisotopic (exact) mass is 408 g/mol. The van der Waals surface area contributed by atoms with E-state index in [4.69, 9.17) is 9.57 Å². The molecule has 0 radical (unpaired) electrons. The first-order valence-corrected chi connectivity index (χ1v) is 8.79. The van der Waals surface area contributed by atoms with Gasteiger partial charge in [-0.15, -0.1) is 13.2 Å². The summed E-state index contributed by atoms with van der Waals surface area (Å²) >= 11 is 0. The van der Waals surface area contributed by atoms with Crippen LogP contribution in [0.1, 0.15) is 31.4 Å². The van der Waals surface area contributed by atoms with Crippen molar-refractivity contribution in [3.63, 3.8) is 0 Å². The average molecular weight is 408 g/mol. The molecule has 0 fully saturated rings. The number of ether oxygens (including phenoxy) is 2. The molecule has 0 saturated carbocycles. The molecule has 0 spiro atoms. The topological polar surface area (TPSA) is 69.2 Å². The van der Waals surface area contributed by atoms with Crippen molar-refractivity contribution >= 4 is 18.0 Å². The Morgan fingerprint density at radius 1 is 1.21 bits per heavy atom. The minimum atomic E-state index is -4.78. The van der Waals surface area contributed by atoms with Gasteiger partial charge in [0.05, 0.1) is 6.21 Å². The van der Waals surface area contributed by atoms with Gasteiger partial charge >= 0.3 is 12.5 Å². The summed E-state index contributed by atoms with van der Waals surface area (Å²) in [4.78, 5) is 16.5. The lowest BCUT2D eigenvalue weighted by molar-refractivity contribution is -0.274. The lowest BCUT2D eigenvalue weighted by atomic mass is 9.93. The number of benzene rings is 2. The second kappa shape index (κ2) is 8.02. The summed E-state index contributed by atoms with van der Waals surface area (Å²) < 4.78 is 46.0. The van der Waals surface area contributed by atoms with Crippen LogP contribution in [0.4, 0.5) is 23.7 Å². The van der Waals surface area contributed by atoms with Gasteiger partial charge in [-0.2, -0.15) is 0 Å². The Hall–Kier alpha value is -3.23. The number of fused-ring (bicyclic) bond motifs is 1. The molecule has 2 aromatic carbocycles. The van der Waals surface area contributed by atoms with Gasteiger partial charge in [-0.25, -0.2) is 4.79 Å². The minimum absolute atomic E-state index is 0.194. The van der Waals surface area contributed by atoms with Crippen molar-refractivity contribution in [2.24, 2.45) is 5.16 Å². The third-order valence-corrected chi connectivity index (χ3v) is 4.14. The Balaban J connectivity index is 1.52. The Morgan fingerprint density at radius 2 is 1.93 bits per heavy atom. The maximum Gasteiger partial charge on any atom is 0.573 e. The molecular weight excluding hydrogens is 389 g/mol. The number of aryl methyl sites for hydroxylation is 1. The van der Waals surface area contributed by atoms with Gasteiger partial charge in [0.2, 0.25) is 0 Å². The van der Waals surface area contributed by atoms with Crippen LogP contribution in [0.5, 0.6) is 11.5 Å². The second-order valence-electron chi connectivity index (χ2n) is 7.04. The highest BCUT2D eigenvalue weighted by Crippen LogP contribution is 2.33. The molecule has 0 unspecified atom stereocenters. The Bertz CT molecular complexity index is 909. The van der Waals surface area contributed by atoms with Crippen molar-refractivity contribution < 1.29 is 32.3 Å². The highest BCUT2D eigenvalue weighted by Gasteiger charge is 2.31. The zero-order valence-electron chi connectivity index (χ0n) is 15.7. The Morgan fingerprint density at radius 3 is 2.62 bits per heavy atom.